The quantitative estimate of drug-likeness (QED) is 0.643. The smallest absolute Gasteiger partial charge is 0.271 e. The number of aromatic nitrogens is 1. The van der Waals surface area contributed by atoms with Crippen LogP contribution in [0, 0.1) is 9.39 Å². The molecule has 0 aliphatic heterocycles. The standard InChI is InChI=1S/C16H15ClFIN2O3S/c1-21-7-9(8-25(23,24)11-3-4-11)15(14(17)16(21)22)20-13-5-2-10(19)6-12(13)18/h2,5-7,11,20H,3-4,8H2,1H3. The van der Waals surface area contributed by atoms with Crippen LogP contribution < -0.4 is 10.9 Å². The minimum absolute atomic E-state index is 0.126. The Labute approximate surface area is 163 Å². The number of halogens is 3. The maximum absolute atomic E-state index is 14.1. The fourth-order valence-corrected chi connectivity index (χ4v) is 4.99. The second-order valence-corrected chi connectivity index (χ2v) is 9.92. The SMILES string of the molecule is Cn1cc(CS(=O)(=O)C2CC2)c(Nc2ccc(I)cc2F)c(Cl)c1=O. The van der Waals surface area contributed by atoms with E-state index in [1.54, 1.807) is 6.07 Å². The molecule has 1 aliphatic carbocycles. The number of hydrogen-bond donors (Lipinski definition) is 1. The average molecular weight is 497 g/mol. The Bertz CT molecular complexity index is 1000. The highest BCUT2D eigenvalue weighted by molar-refractivity contribution is 14.1. The highest BCUT2D eigenvalue weighted by atomic mass is 127. The van der Waals surface area contributed by atoms with Gasteiger partial charge in [0.25, 0.3) is 5.56 Å². The number of pyridine rings is 1. The Morgan fingerprint density at radius 1 is 1.40 bits per heavy atom. The number of sulfone groups is 1. The number of hydrogen-bond acceptors (Lipinski definition) is 4. The topological polar surface area (TPSA) is 68.2 Å². The van der Waals surface area contributed by atoms with E-state index in [0.29, 0.717) is 22.0 Å². The van der Waals surface area contributed by atoms with Crippen LogP contribution in [0.3, 0.4) is 0 Å². The highest BCUT2D eigenvalue weighted by Crippen LogP contribution is 2.34. The highest BCUT2D eigenvalue weighted by Gasteiger charge is 2.36. The zero-order valence-electron chi connectivity index (χ0n) is 13.2. The monoisotopic (exact) mass is 496 g/mol. The van der Waals surface area contributed by atoms with Gasteiger partial charge in [-0.1, -0.05) is 11.6 Å². The summed E-state index contributed by atoms with van der Waals surface area (Å²) in [6.07, 6.45) is 2.73. The molecule has 134 valence electrons. The van der Waals surface area contributed by atoms with Crippen LogP contribution in [0.5, 0.6) is 0 Å². The van der Waals surface area contributed by atoms with E-state index in [0.717, 1.165) is 0 Å². The fraction of sp³-hybridized carbons (Fsp3) is 0.312. The maximum Gasteiger partial charge on any atom is 0.271 e. The van der Waals surface area contributed by atoms with E-state index in [9.17, 15) is 17.6 Å². The van der Waals surface area contributed by atoms with Gasteiger partial charge in [0.1, 0.15) is 10.8 Å². The Morgan fingerprint density at radius 2 is 2.08 bits per heavy atom. The lowest BCUT2D eigenvalue weighted by Crippen LogP contribution is -2.21. The molecule has 0 unspecified atom stereocenters. The number of rotatable bonds is 5. The molecular weight excluding hydrogens is 482 g/mol. The van der Waals surface area contributed by atoms with Crippen molar-refractivity contribution in [1.29, 1.82) is 0 Å². The van der Waals surface area contributed by atoms with Crippen LogP contribution in [0.2, 0.25) is 5.02 Å². The van der Waals surface area contributed by atoms with Crippen molar-refractivity contribution in [2.45, 2.75) is 23.8 Å². The van der Waals surface area contributed by atoms with Crippen molar-refractivity contribution in [3.63, 3.8) is 0 Å². The Balaban J connectivity index is 2.07. The summed E-state index contributed by atoms with van der Waals surface area (Å²) in [6.45, 7) is 0. The molecule has 0 spiro atoms. The summed E-state index contributed by atoms with van der Waals surface area (Å²) in [5, 5.41) is 2.29. The summed E-state index contributed by atoms with van der Waals surface area (Å²) in [6, 6.07) is 4.55. The second-order valence-electron chi connectivity index (χ2n) is 6.02. The van der Waals surface area contributed by atoms with Crippen LogP contribution in [0.4, 0.5) is 15.8 Å². The Hall–Kier alpha value is -1.13. The van der Waals surface area contributed by atoms with Crippen molar-refractivity contribution in [2.75, 3.05) is 5.32 Å². The average Bonchev–Trinajstić information content (AvgIpc) is 3.36. The van der Waals surface area contributed by atoms with Gasteiger partial charge in [0.05, 0.1) is 22.4 Å². The van der Waals surface area contributed by atoms with E-state index in [1.807, 2.05) is 22.6 Å². The summed E-state index contributed by atoms with van der Waals surface area (Å²) >= 11 is 8.13. The maximum atomic E-state index is 14.1. The predicted octanol–water partition coefficient (Wildman–Crippen LogP) is 3.60. The predicted molar refractivity (Wildman–Crippen MR) is 105 cm³/mol. The van der Waals surface area contributed by atoms with E-state index >= 15 is 0 Å². The summed E-state index contributed by atoms with van der Waals surface area (Å²) in [4.78, 5) is 12.1. The van der Waals surface area contributed by atoms with Crippen LogP contribution >= 0.6 is 34.2 Å². The van der Waals surface area contributed by atoms with E-state index < -0.39 is 21.2 Å². The lowest BCUT2D eigenvalue weighted by Gasteiger charge is -2.16. The first-order valence-corrected chi connectivity index (χ1v) is 10.7. The van der Waals surface area contributed by atoms with Gasteiger partial charge in [-0.15, -0.1) is 0 Å². The van der Waals surface area contributed by atoms with Gasteiger partial charge in [0, 0.05) is 22.4 Å². The van der Waals surface area contributed by atoms with Crippen molar-refractivity contribution in [3.8, 4) is 0 Å². The van der Waals surface area contributed by atoms with E-state index in [1.165, 1.54) is 29.9 Å². The third-order valence-corrected chi connectivity index (χ3v) is 7.20. The first-order chi connectivity index (χ1) is 11.7. The molecule has 5 nitrogen and oxygen atoms in total. The summed E-state index contributed by atoms with van der Waals surface area (Å²) in [5.74, 6) is -0.764. The lowest BCUT2D eigenvalue weighted by atomic mass is 10.2. The lowest BCUT2D eigenvalue weighted by molar-refractivity contribution is 0.593. The number of nitrogens with zero attached hydrogens (tertiary/aromatic N) is 1. The summed E-state index contributed by atoms with van der Waals surface area (Å²) < 4.78 is 40.8. The molecule has 1 aliphatic rings. The number of benzene rings is 1. The molecule has 9 heteroatoms. The summed E-state index contributed by atoms with van der Waals surface area (Å²) in [5.41, 5.74) is 0.120. The molecule has 25 heavy (non-hydrogen) atoms. The van der Waals surface area contributed by atoms with Crippen molar-refractivity contribution in [2.24, 2.45) is 7.05 Å². The molecule has 1 saturated carbocycles. The fourth-order valence-electron chi connectivity index (χ4n) is 2.49. The minimum Gasteiger partial charge on any atom is -0.351 e. The largest absolute Gasteiger partial charge is 0.351 e. The van der Waals surface area contributed by atoms with Gasteiger partial charge in [-0.25, -0.2) is 12.8 Å². The van der Waals surface area contributed by atoms with E-state index in [4.69, 9.17) is 11.6 Å². The molecule has 0 saturated heterocycles. The number of aryl methyl sites for hydroxylation is 1. The Kier molecular flexibility index (Phi) is 5.13. The van der Waals surface area contributed by atoms with E-state index in [2.05, 4.69) is 5.32 Å². The molecule has 0 atom stereocenters. The molecule has 0 radical (unpaired) electrons. The van der Waals surface area contributed by atoms with Crippen molar-refractivity contribution >= 4 is 55.4 Å². The molecule has 3 rings (SSSR count). The molecule has 0 amide bonds. The van der Waals surface area contributed by atoms with Crippen LogP contribution in [0.15, 0.2) is 29.2 Å². The second kappa shape index (κ2) is 6.88. The normalized spacial score (nSPS) is 14.6. The van der Waals surface area contributed by atoms with Gasteiger partial charge < -0.3 is 9.88 Å². The van der Waals surface area contributed by atoms with Crippen molar-refractivity contribution in [3.05, 3.63) is 54.7 Å². The molecular formula is C16H15ClFIN2O3S. The summed E-state index contributed by atoms with van der Waals surface area (Å²) in [7, 11) is -1.83. The van der Waals surface area contributed by atoms with Crippen LogP contribution in [0.25, 0.3) is 0 Å². The zero-order valence-corrected chi connectivity index (χ0v) is 17.0. The number of nitrogens with one attached hydrogen (secondary N) is 1. The first-order valence-electron chi connectivity index (χ1n) is 7.50. The van der Waals surface area contributed by atoms with Crippen molar-refractivity contribution in [1.82, 2.24) is 4.57 Å². The van der Waals surface area contributed by atoms with Crippen LogP contribution in [0.1, 0.15) is 18.4 Å². The first kappa shape index (κ1) is 18.7. The molecule has 1 aromatic heterocycles. The molecule has 1 N–H and O–H groups in total. The molecule has 1 fully saturated rings. The van der Waals surface area contributed by atoms with Gasteiger partial charge >= 0.3 is 0 Å². The molecule has 1 heterocycles. The van der Waals surface area contributed by atoms with Gasteiger partial charge in [-0.05, 0) is 53.6 Å². The molecule has 1 aromatic carbocycles. The van der Waals surface area contributed by atoms with Gasteiger partial charge in [0.15, 0.2) is 9.84 Å². The number of anilines is 2. The Morgan fingerprint density at radius 3 is 2.68 bits per heavy atom. The third kappa shape index (κ3) is 4.01. The van der Waals surface area contributed by atoms with Gasteiger partial charge in [0.2, 0.25) is 0 Å². The van der Waals surface area contributed by atoms with Crippen LogP contribution in [-0.2, 0) is 22.6 Å². The van der Waals surface area contributed by atoms with Gasteiger partial charge in [-0.2, -0.15) is 0 Å². The van der Waals surface area contributed by atoms with E-state index in [-0.39, 0.29) is 27.4 Å². The van der Waals surface area contributed by atoms with Gasteiger partial charge in [-0.3, -0.25) is 4.79 Å². The molecule has 0 bridgehead atoms. The van der Waals surface area contributed by atoms with Crippen molar-refractivity contribution < 1.29 is 12.8 Å². The zero-order chi connectivity index (χ0) is 18.4. The van der Waals surface area contributed by atoms with Crippen LogP contribution in [-0.4, -0.2) is 18.2 Å². The molecule has 2 aromatic rings. The minimum atomic E-state index is -3.33. The third-order valence-electron chi connectivity index (χ3n) is 3.98.